The maximum absolute atomic E-state index is 3.49. The summed E-state index contributed by atoms with van der Waals surface area (Å²) in [5.74, 6) is 0. The second-order valence-corrected chi connectivity index (χ2v) is 4.14. The Morgan fingerprint density at radius 2 is 1.92 bits per heavy atom. The Kier molecular flexibility index (Phi) is 4.70. The lowest BCUT2D eigenvalue weighted by Gasteiger charge is -2.34. The molecule has 0 aromatic carbocycles. The van der Waals surface area contributed by atoms with Crippen LogP contribution in [0.15, 0.2) is 0 Å². The lowest BCUT2D eigenvalue weighted by Crippen LogP contribution is -2.46. The van der Waals surface area contributed by atoms with Crippen molar-refractivity contribution < 1.29 is 0 Å². The maximum atomic E-state index is 3.49. The highest BCUT2D eigenvalue weighted by Crippen LogP contribution is 2.12. The molecule has 1 aliphatic rings. The fourth-order valence-corrected chi connectivity index (χ4v) is 1.87. The molecule has 2 N–H and O–H groups in total. The van der Waals surface area contributed by atoms with Crippen LogP contribution in [0.5, 0.6) is 0 Å². The smallest absolute Gasteiger partial charge is 0.0453 e. The highest BCUT2D eigenvalue weighted by atomic mass is 15.2. The molecule has 0 saturated carbocycles. The van der Waals surface area contributed by atoms with Crippen molar-refractivity contribution in [3.05, 3.63) is 0 Å². The quantitative estimate of drug-likeness (QED) is 0.629. The van der Waals surface area contributed by atoms with Crippen molar-refractivity contribution in [2.75, 3.05) is 26.8 Å². The van der Waals surface area contributed by atoms with Crippen LogP contribution in [0.4, 0.5) is 0 Å². The first-order chi connectivity index (χ1) is 6.24. The van der Waals surface area contributed by atoms with E-state index in [2.05, 4.69) is 29.4 Å². The fourth-order valence-electron chi connectivity index (χ4n) is 1.87. The highest BCUT2D eigenvalue weighted by molar-refractivity contribution is 4.78. The van der Waals surface area contributed by atoms with E-state index in [9.17, 15) is 0 Å². The van der Waals surface area contributed by atoms with E-state index in [0.717, 1.165) is 12.7 Å². The third kappa shape index (κ3) is 3.63. The van der Waals surface area contributed by atoms with Crippen molar-refractivity contribution in [2.24, 2.45) is 0 Å². The van der Waals surface area contributed by atoms with Crippen molar-refractivity contribution in [2.45, 2.75) is 38.8 Å². The van der Waals surface area contributed by atoms with Crippen LogP contribution in [-0.4, -0.2) is 43.8 Å². The molecule has 78 valence electrons. The van der Waals surface area contributed by atoms with Crippen molar-refractivity contribution >= 4 is 0 Å². The van der Waals surface area contributed by atoms with Crippen molar-refractivity contribution in [3.63, 3.8) is 0 Å². The van der Waals surface area contributed by atoms with E-state index in [1.807, 2.05) is 7.05 Å². The molecule has 0 aliphatic carbocycles. The Balaban J connectivity index is 2.15. The lowest BCUT2D eigenvalue weighted by molar-refractivity contribution is 0.161. The third-order valence-electron chi connectivity index (χ3n) is 2.83. The Morgan fingerprint density at radius 1 is 1.31 bits per heavy atom. The van der Waals surface area contributed by atoms with Crippen LogP contribution >= 0.6 is 0 Å². The molecular formula is C10H23N3. The second kappa shape index (κ2) is 5.58. The Bertz CT molecular complexity index is 128. The number of nitrogens with zero attached hydrogens (tertiary/aromatic N) is 1. The first-order valence-electron chi connectivity index (χ1n) is 5.36. The Labute approximate surface area is 81.9 Å². The molecule has 3 heteroatoms. The minimum Gasteiger partial charge on any atom is -0.308 e. The number of hydrogen-bond donors (Lipinski definition) is 2. The molecule has 0 spiro atoms. The van der Waals surface area contributed by atoms with Gasteiger partial charge in [-0.15, -0.1) is 0 Å². The zero-order valence-corrected chi connectivity index (χ0v) is 9.14. The summed E-state index contributed by atoms with van der Waals surface area (Å²) in [7, 11) is 1.98. The molecule has 0 unspecified atom stereocenters. The molecule has 1 aliphatic heterocycles. The number of nitrogens with one attached hydrogen (secondary N) is 2. The van der Waals surface area contributed by atoms with Gasteiger partial charge in [0.05, 0.1) is 0 Å². The molecule has 1 rings (SSSR count). The number of likely N-dealkylation sites (tertiary alicyclic amines) is 1. The molecule has 0 amide bonds. The summed E-state index contributed by atoms with van der Waals surface area (Å²) in [6, 6.07) is 1.44. The van der Waals surface area contributed by atoms with E-state index in [4.69, 9.17) is 0 Å². The Morgan fingerprint density at radius 3 is 2.38 bits per heavy atom. The maximum Gasteiger partial charge on any atom is 0.0453 e. The van der Waals surface area contributed by atoms with Gasteiger partial charge >= 0.3 is 0 Å². The zero-order chi connectivity index (χ0) is 9.68. The van der Waals surface area contributed by atoms with E-state index in [1.165, 1.54) is 25.9 Å². The molecule has 0 aromatic rings. The van der Waals surface area contributed by atoms with Crippen molar-refractivity contribution in [1.29, 1.82) is 0 Å². The summed E-state index contributed by atoms with van der Waals surface area (Å²) < 4.78 is 0. The van der Waals surface area contributed by atoms with Gasteiger partial charge in [-0.05, 0) is 46.8 Å². The average molecular weight is 185 g/mol. The SMILES string of the molecule is CNCNC1CCN(C(C)C)CC1. The van der Waals surface area contributed by atoms with Gasteiger partial charge in [0, 0.05) is 18.8 Å². The Hall–Kier alpha value is -0.120. The number of hydrogen-bond acceptors (Lipinski definition) is 3. The second-order valence-electron chi connectivity index (χ2n) is 4.14. The van der Waals surface area contributed by atoms with Gasteiger partial charge in [-0.3, -0.25) is 0 Å². The molecular weight excluding hydrogens is 162 g/mol. The minimum absolute atomic E-state index is 0.713. The van der Waals surface area contributed by atoms with E-state index >= 15 is 0 Å². The van der Waals surface area contributed by atoms with Gasteiger partial charge in [0.2, 0.25) is 0 Å². The van der Waals surface area contributed by atoms with Gasteiger partial charge in [-0.2, -0.15) is 0 Å². The predicted octanol–water partition coefficient (Wildman–Crippen LogP) is 0.626. The van der Waals surface area contributed by atoms with Crippen LogP contribution in [0.2, 0.25) is 0 Å². The summed E-state index contributed by atoms with van der Waals surface area (Å²) in [5.41, 5.74) is 0. The average Bonchev–Trinajstić information content (AvgIpc) is 2.15. The standard InChI is InChI=1S/C10H23N3/c1-9(2)13-6-4-10(5-7-13)12-8-11-3/h9-12H,4-8H2,1-3H3. The van der Waals surface area contributed by atoms with E-state index in [1.54, 1.807) is 0 Å². The van der Waals surface area contributed by atoms with Gasteiger partial charge < -0.3 is 15.5 Å². The molecule has 1 fully saturated rings. The van der Waals surface area contributed by atoms with Gasteiger partial charge in [-0.1, -0.05) is 0 Å². The van der Waals surface area contributed by atoms with Crippen LogP contribution < -0.4 is 10.6 Å². The van der Waals surface area contributed by atoms with Gasteiger partial charge in [0.1, 0.15) is 0 Å². The number of rotatable bonds is 4. The zero-order valence-electron chi connectivity index (χ0n) is 9.14. The summed E-state index contributed by atoms with van der Waals surface area (Å²) in [6.07, 6.45) is 2.58. The monoisotopic (exact) mass is 185 g/mol. The van der Waals surface area contributed by atoms with E-state index in [0.29, 0.717) is 6.04 Å². The molecule has 0 radical (unpaired) electrons. The minimum atomic E-state index is 0.713. The fraction of sp³-hybridized carbons (Fsp3) is 1.00. The third-order valence-corrected chi connectivity index (χ3v) is 2.83. The molecule has 0 aromatic heterocycles. The summed E-state index contributed by atoms with van der Waals surface area (Å²) in [4.78, 5) is 2.55. The van der Waals surface area contributed by atoms with Crippen LogP contribution in [-0.2, 0) is 0 Å². The van der Waals surface area contributed by atoms with E-state index < -0.39 is 0 Å². The molecule has 3 nitrogen and oxygen atoms in total. The molecule has 13 heavy (non-hydrogen) atoms. The molecule has 1 saturated heterocycles. The highest BCUT2D eigenvalue weighted by Gasteiger charge is 2.19. The summed E-state index contributed by atoms with van der Waals surface area (Å²) >= 11 is 0. The van der Waals surface area contributed by atoms with Crippen LogP contribution in [0.3, 0.4) is 0 Å². The first kappa shape index (κ1) is 11.0. The van der Waals surface area contributed by atoms with Gasteiger partial charge in [0.15, 0.2) is 0 Å². The van der Waals surface area contributed by atoms with Crippen molar-refractivity contribution in [1.82, 2.24) is 15.5 Å². The summed E-state index contributed by atoms with van der Waals surface area (Å²) in [6.45, 7) is 7.99. The first-order valence-corrected chi connectivity index (χ1v) is 5.36. The van der Waals surface area contributed by atoms with Crippen LogP contribution in [0, 0.1) is 0 Å². The van der Waals surface area contributed by atoms with E-state index in [-0.39, 0.29) is 0 Å². The summed E-state index contributed by atoms with van der Waals surface area (Å²) in [5, 5.41) is 6.62. The molecule has 0 bridgehead atoms. The van der Waals surface area contributed by atoms with Gasteiger partial charge in [-0.25, -0.2) is 0 Å². The van der Waals surface area contributed by atoms with Crippen LogP contribution in [0.1, 0.15) is 26.7 Å². The predicted molar refractivity (Wildman–Crippen MR) is 56.8 cm³/mol. The van der Waals surface area contributed by atoms with Crippen molar-refractivity contribution in [3.8, 4) is 0 Å². The topological polar surface area (TPSA) is 27.3 Å². The lowest BCUT2D eigenvalue weighted by atomic mass is 10.0. The molecule has 0 atom stereocenters. The van der Waals surface area contributed by atoms with Crippen LogP contribution in [0.25, 0.3) is 0 Å². The van der Waals surface area contributed by atoms with Gasteiger partial charge in [0.25, 0.3) is 0 Å². The normalized spacial score (nSPS) is 21.2. The molecule has 1 heterocycles. The largest absolute Gasteiger partial charge is 0.308 e. The number of piperidine rings is 1.